The topological polar surface area (TPSA) is 0 Å². The lowest BCUT2D eigenvalue weighted by Gasteiger charge is -1.89. The number of halogens is 2. The van der Waals surface area contributed by atoms with Gasteiger partial charge < -0.3 is 24.8 Å². The first-order chi connectivity index (χ1) is 3.79. The highest BCUT2D eigenvalue weighted by molar-refractivity contribution is 7.27. The molecule has 1 aromatic rings. The Morgan fingerprint density at radius 3 is 1.70 bits per heavy atom. The van der Waals surface area contributed by atoms with Gasteiger partial charge in [-0.25, -0.2) is 0 Å². The molecular formula is C7H9Cl2P-2. The minimum Gasteiger partial charge on any atom is -1.00 e. The Morgan fingerprint density at radius 2 is 1.40 bits per heavy atom. The van der Waals surface area contributed by atoms with E-state index in [1.54, 1.807) is 0 Å². The average Bonchev–Trinajstić information content (AvgIpc) is 1.77. The molecule has 0 N–H and O–H groups in total. The van der Waals surface area contributed by atoms with E-state index in [1.165, 1.54) is 10.9 Å². The van der Waals surface area contributed by atoms with Gasteiger partial charge in [-0.15, -0.1) is 9.24 Å². The van der Waals surface area contributed by atoms with Crippen LogP contribution in [0.4, 0.5) is 0 Å². The molecule has 0 nitrogen and oxygen atoms in total. The van der Waals surface area contributed by atoms with Crippen molar-refractivity contribution in [3.05, 3.63) is 29.8 Å². The lowest BCUT2D eigenvalue weighted by Crippen LogP contribution is -3.00. The van der Waals surface area contributed by atoms with E-state index in [0.717, 1.165) is 0 Å². The highest BCUT2D eigenvalue weighted by Gasteiger charge is 1.79. The number of rotatable bonds is 0. The van der Waals surface area contributed by atoms with Crippen LogP contribution in [0.1, 0.15) is 5.56 Å². The molecule has 1 rings (SSSR count). The molecule has 0 saturated heterocycles. The van der Waals surface area contributed by atoms with Gasteiger partial charge >= 0.3 is 0 Å². The maximum atomic E-state index is 2.65. The standard InChI is InChI=1S/C7H9P.2ClH/c1-6-2-4-7(8)5-3-6;;/h2-5H,8H2,1H3;2*1H/p-2. The quantitative estimate of drug-likeness (QED) is 0.366. The van der Waals surface area contributed by atoms with Crippen molar-refractivity contribution in [2.24, 2.45) is 0 Å². The maximum absolute atomic E-state index is 2.65. The van der Waals surface area contributed by atoms with E-state index in [4.69, 9.17) is 0 Å². The van der Waals surface area contributed by atoms with Gasteiger partial charge in [0.1, 0.15) is 0 Å². The van der Waals surface area contributed by atoms with Gasteiger partial charge in [-0.1, -0.05) is 29.8 Å². The molecule has 10 heavy (non-hydrogen) atoms. The highest BCUT2D eigenvalue weighted by Crippen LogP contribution is 1.94. The van der Waals surface area contributed by atoms with Crippen molar-refractivity contribution in [2.45, 2.75) is 6.92 Å². The predicted octanol–water partition coefficient (Wildman–Crippen LogP) is -4.50. The lowest BCUT2D eigenvalue weighted by atomic mass is 10.2. The monoisotopic (exact) mass is 194 g/mol. The van der Waals surface area contributed by atoms with Crippen LogP contribution in [0.3, 0.4) is 0 Å². The Bertz CT molecular complexity index is 150. The minimum atomic E-state index is 0. The largest absolute Gasteiger partial charge is 1.00 e. The molecule has 0 aliphatic carbocycles. The van der Waals surface area contributed by atoms with Gasteiger partial charge in [-0.3, -0.25) is 0 Å². The molecule has 3 heteroatoms. The summed E-state index contributed by atoms with van der Waals surface area (Å²) in [4.78, 5) is 0. The second kappa shape index (κ2) is 5.97. The van der Waals surface area contributed by atoms with E-state index in [2.05, 4.69) is 40.4 Å². The van der Waals surface area contributed by atoms with Gasteiger partial charge in [-0.05, 0) is 12.2 Å². The molecule has 0 spiro atoms. The normalized spacial score (nSPS) is 7.40. The number of aryl methyl sites for hydroxylation is 1. The Balaban J connectivity index is 0. The number of hydrogen-bond acceptors (Lipinski definition) is 0. The summed E-state index contributed by atoms with van der Waals surface area (Å²) in [5.74, 6) is 0. The van der Waals surface area contributed by atoms with Crippen LogP contribution in [0.2, 0.25) is 0 Å². The molecule has 0 aromatic heterocycles. The second-order valence-electron chi connectivity index (χ2n) is 1.91. The third-order valence-electron chi connectivity index (χ3n) is 1.08. The van der Waals surface area contributed by atoms with Gasteiger partial charge in [0.15, 0.2) is 0 Å². The first kappa shape index (κ1) is 12.9. The molecule has 0 aliphatic heterocycles. The molecule has 0 bridgehead atoms. The van der Waals surface area contributed by atoms with Crippen molar-refractivity contribution in [1.29, 1.82) is 0 Å². The van der Waals surface area contributed by atoms with E-state index < -0.39 is 0 Å². The molecule has 0 radical (unpaired) electrons. The van der Waals surface area contributed by atoms with Crippen LogP contribution in [0.5, 0.6) is 0 Å². The smallest absolute Gasteiger partial charge is 0.0302 e. The fraction of sp³-hybridized carbons (Fsp3) is 0.143. The van der Waals surface area contributed by atoms with Gasteiger partial charge in [-0.2, -0.15) is 0 Å². The summed E-state index contributed by atoms with van der Waals surface area (Å²) >= 11 is 0. The van der Waals surface area contributed by atoms with Gasteiger partial charge in [0.2, 0.25) is 0 Å². The summed E-state index contributed by atoms with van der Waals surface area (Å²) in [6, 6.07) is 8.37. The third kappa shape index (κ3) is 4.11. The lowest BCUT2D eigenvalue weighted by molar-refractivity contribution is -0.00100. The summed E-state index contributed by atoms with van der Waals surface area (Å²) in [5, 5.41) is 1.25. The Morgan fingerprint density at radius 1 is 1.00 bits per heavy atom. The second-order valence-corrected chi connectivity index (χ2v) is 2.58. The highest BCUT2D eigenvalue weighted by atomic mass is 35.5. The molecule has 58 valence electrons. The summed E-state index contributed by atoms with van der Waals surface area (Å²) in [5.41, 5.74) is 1.32. The molecule has 0 saturated carbocycles. The van der Waals surface area contributed by atoms with Crippen molar-refractivity contribution in [2.75, 3.05) is 0 Å². The van der Waals surface area contributed by atoms with Crippen LogP contribution in [0.25, 0.3) is 0 Å². The summed E-state index contributed by atoms with van der Waals surface area (Å²) in [7, 11) is 2.65. The fourth-order valence-electron chi connectivity index (χ4n) is 0.566. The van der Waals surface area contributed by atoms with Crippen molar-refractivity contribution >= 4 is 14.5 Å². The summed E-state index contributed by atoms with van der Waals surface area (Å²) < 4.78 is 0. The van der Waals surface area contributed by atoms with E-state index >= 15 is 0 Å². The SMILES string of the molecule is Cc1ccc(P)cc1.[Cl-].[Cl-]. The Hall–Kier alpha value is 0.230. The van der Waals surface area contributed by atoms with Crippen LogP contribution < -0.4 is 30.1 Å². The summed E-state index contributed by atoms with van der Waals surface area (Å²) in [6.45, 7) is 2.09. The van der Waals surface area contributed by atoms with Crippen LogP contribution in [-0.2, 0) is 0 Å². The molecule has 0 heterocycles. The van der Waals surface area contributed by atoms with E-state index in [-0.39, 0.29) is 24.8 Å². The van der Waals surface area contributed by atoms with Crippen LogP contribution in [0, 0.1) is 6.92 Å². The van der Waals surface area contributed by atoms with E-state index in [1.807, 2.05) is 0 Å². The third-order valence-corrected chi connectivity index (χ3v) is 1.46. The zero-order valence-corrected chi connectivity index (χ0v) is 8.31. The van der Waals surface area contributed by atoms with E-state index in [9.17, 15) is 0 Å². The zero-order chi connectivity index (χ0) is 5.98. The van der Waals surface area contributed by atoms with Crippen molar-refractivity contribution in [1.82, 2.24) is 0 Å². The zero-order valence-electron chi connectivity index (χ0n) is 5.64. The molecule has 1 atom stereocenters. The number of benzene rings is 1. The average molecular weight is 195 g/mol. The molecule has 0 fully saturated rings. The van der Waals surface area contributed by atoms with Crippen molar-refractivity contribution in [3.8, 4) is 0 Å². The predicted molar refractivity (Wildman–Crippen MR) is 40.5 cm³/mol. The van der Waals surface area contributed by atoms with E-state index in [0.29, 0.717) is 0 Å². The first-order valence-corrected chi connectivity index (χ1v) is 3.19. The first-order valence-electron chi connectivity index (χ1n) is 2.61. The Kier molecular flexibility index (Phi) is 7.69. The fourth-order valence-corrected chi connectivity index (χ4v) is 0.759. The maximum Gasteiger partial charge on any atom is -0.0302 e. The molecular weight excluding hydrogens is 186 g/mol. The summed E-state index contributed by atoms with van der Waals surface area (Å²) in [6.07, 6.45) is 0. The van der Waals surface area contributed by atoms with Gasteiger partial charge in [0.05, 0.1) is 0 Å². The van der Waals surface area contributed by atoms with Gasteiger partial charge in [0.25, 0.3) is 0 Å². The van der Waals surface area contributed by atoms with Crippen molar-refractivity contribution < 1.29 is 24.8 Å². The molecule has 0 aliphatic rings. The van der Waals surface area contributed by atoms with Crippen LogP contribution in [0.15, 0.2) is 24.3 Å². The molecule has 1 aromatic carbocycles. The van der Waals surface area contributed by atoms with Crippen molar-refractivity contribution in [3.63, 3.8) is 0 Å². The van der Waals surface area contributed by atoms with Crippen LogP contribution in [-0.4, -0.2) is 0 Å². The molecule has 0 amide bonds. The number of hydrogen-bond donors (Lipinski definition) is 0. The molecule has 1 unspecified atom stereocenters. The Labute approximate surface area is 76.4 Å². The van der Waals surface area contributed by atoms with Gasteiger partial charge in [0, 0.05) is 0 Å². The minimum absolute atomic E-state index is 0. The van der Waals surface area contributed by atoms with Crippen LogP contribution >= 0.6 is 9.24 Å².